The number of carbonyl (C=O) groups excluding carboxylic acids is 17. The monoisotopic (exact) mass is 1870 g/mol. The molecule has 2 rings (SSSR count). The number of nitrogens with one attached hydrogen (secondary N) is 19. The summed E-state index contributed by atoms with van der Waals surface area (Å²) in [5, 5.41) is 136. The van der Waals surface area contributed by atoms with E-state index in [9.17, 15) is 161 Å². The van der Waals surface area contributed by atoms with Gasteiger partial charge in [-0.2, -0.15) is 11.8 Å². The maximum absolute atomic E-state index is 14.3. The maximum Gasteiger partial charge on any atom is 0.326 e. The summed E-state index contributed by atoms with van der Waals surface area (Å²) in [5.41, 5.74) is 11.4. The SMILES string of the molecule is CSCC[C@H](N)C(=O)N[C@@H](C)C(=O)N[C@@H](CC(=O)O)C(=O)N[C@@H](CCC(=O)O)C(=O)N[C@@H](C)C(=O)NCC(=O)N[C@@H](CO)C(=O)N[C@@H](CCC(=O)O)C(=O)N[C@@H](C)C(=O)N[C@@H](CC(=O)O)C(=O)N[C@@H](Cc1c[nH]cn1)C(=O)N[C@@H](CCC(=O)O)C(=O)NCC(=O)N[C@H](C(=O)N[C@@H](Cc1c[nH]cn1)C(=O)N[C@@H](CO)C(=O)N[C@H](C(=O)N[C@@H](CCCCN)C(=O)O)[C@@H](C)O)[C@@H](C)O. The molecule has 724 valence electrons. The van der Waals surface area contributed by atoms with Gasteiger partial charge in [0.1, 0.15) is 90.6 Å². The second-order valence-corrected chi connectivity index (χ2v) is 30.2. The highest BCUT2D eigenvalue weighted by molar-refractivity contribution is 7.98. The van der Waals surface area contributed by atoms with Gasteiger partial charge in [0.15, 0.2) is 0 Å². The molecule has 56 nitrogen and oxygen atoms in total. The van der Waals surface area contributed by atoms with Crippen LogP contribution in [0.5, 0.6) is 0 Å². The lowest BCUT2D eigenvalue weighted by molar-refractivity contribution is -0.143. The number of carbonyl (C=O) groups is 23. The molecule has 0 saturated carbocycles. The Hall–Kier alpha value is -13.7. The summed E-state index contributed by atoms with van der Waals surface area (Å²) in [5.74, 6) is -30.3. The number of aromatic nitrogens is 4. The van der Waals surface area contributed by atoms with Crippen LogP contribution >= 0.6 is 11.8 Å². The average Bonchev–Trinajstić information content (AvgIpc) is 0.996. The number of thioether (sulfide) groups is 1. The summed E-state index contributed by atoms with van der Waals surface area (Å²) in [6.07, 6.45) is -4.48. The number of H-pyrrole nitrogens is 2. The van der Waals surface area contributed by atoms with E-state index in [4.69, 9.17) is 11.5 Å². The molecule has 0 aromatic carbocycles. The van der Waals surface area contributed by atoms with Crippen molar-refractivity contribution in [1.82, 2.24) is 110 Å². The second-order valence-electron chi connectivity index (χ2n) is 29.2. The van der Waals surface area contributed by atoms with Crippen LogP contribution in [0.3, 0.4) is 0 Å². The number of aliphatic hydroxyl groups is 4. The molecule has 0 aliphatic carbocycles. The van der Waals surface area contributed by atoms with Crippen molar-refractivity contribution in [2.45, 2.75) is 233 Å². The fraction of sp³-hybridized carbons (Fsp3) is 0.603. The molecular weight excluding hydrogens is 1760 g/mol. The fourth-order valence-corrected chi connectivity index (χ4v) is 11.8. The van der Waals surface area contributed by atoms with Crippen LogP contribution in [-0.2, 0) is 123 Å². The van der Waals surface area contributed by atoms with E-state index in [0.717, 1.165) is 34.0 Å². The molecule has 2 heterocycles. The van der Waals surface area contributed by atoms with Crippen molar-refractivity contribution in [3.63, 3.8) is 0 Å². The zero-order valence-corrected chi connectivity index (χ0v) is 72.0. The van der Waals surface area contributed by atoms with E-state index in [0.29, 0.717) is 12.2 Å². The number of carboxylic acid groups (broad SMARTS) is 6. The number of amides is 17. The van der Waals surface area contributed by atoms with Gasteiger partial charge in [-0.05, 0) is 98.1 Å². The summed E-state index contributed by atoms with van der Waals surface area (Å²) < 4.78 is 0. The zero-order valence-electron chi connectivity index (χ0n) is 71.2. The summed E-state index contributed by atoms with van der Waals surface area (Å²) >= 11 is 1.39. The number of aliphatic hydroxyl groups excluding tert-OH is 4. The minimum atomic E-state index is -2.19. The van der Waals surface area contributed by atoms with Crippen LogP contribution in [-0.4, -0.2) is 361 Å². The molecular formula is C73H113N23O33S. The highest BCUT2D eigenvalue weighted by atomic mass is 32.2. The van der Waals surface area contributed by atoms with E-state index < -0.39 is 336 Å². The maximum atomic E-state index is 14.3. The molecule has 17 amide bonds. The number of rotatable bonds is 63. The van der Waals surface area contributed by atoms with Crippen molar-refractivity contribution >= 4 is 148 Å². The van der Waals surface area contributed by atoms with Crippen LogP contribution < -0.4 is 102 Å². The summed E-state index contributed by atoms with van der Waals surface area (Å²) in [6.45, 7) is 0.843. The largest absolute Gasteiger partial charge is 0.481 e. The molecule has 0 radical (unpaired) electrons. The van der Waals surface area contributed by atoms with Gasteiger partial charge in [0.2, 0.25) is 100 Å². The molecule has 0 bridgehead atoms. The first-order valence-corrected chi connectivity index (χ1v) is 41.3. The number of imidazole rings is 2. The Labute approximate surface area is 743 Å². The van der Waals surface area contributed by atoms with Gasteiger partial charge < -0.3 is 163 Å². The Balaban J connectivity index is 2.29. The number of aliphatic carboxylic acids is 6. The predicted octanol–water partition coefficient (Wildman–Crippen LogP) is -13.9. The Morgan fingerprint density at radius 2 is 0.692 bits per heavy atom. The summed E-state index contributed by atoms with van der Waals surface area (Å²) in [6, 6.07) is -28.8. The van der Waals surface area contributed by atoms with Gasteiger partial charge in [-0.1, -0.05) is 0 Å². The van der Waals surface area contributed by atoms with Gasteiger partial charge in [-0.15, -0.1) is 0 Å². The Bertz CT molecular complexity index is 4260. The lowest BCUT2D eigenvalue weighted by Gasteiger charge is -2.27. The van der Waals surface area contributed by atoms with E-state index in [1.165, 1.54) is 37.4 Å². The molecule has 0 aliphatic rings. The third-order valence-corrected chi connectivity index (χ3v) is 19.1. The van der Waals surface area contributed by atoms with E-state index in [-0.39, 0.29) is 37.2 Å². The van der Waals surface area contributed by atoms with Gasteiger partial charge in [0.25, 0.3) is 0 Å². The average molecular weight is 1870 g/mol. The third-order valence-electron chi connectivity index (χ3n) is 18.5. The topological polar surface area (TPSA) is 909 Å². The second kappa shape index (κ2) is 57.9. The predicted molar refractivity (Wildman–Crippen MR) is 441 cm³/mol. The Morgan fingerprint density at radius 1 is 0.362 bits per heavy atom. The number of carboxylic acids is 6. The minimum absolute atomic E-state index is 0.0106. The van der Waals surface area contributed by atoms with Crippen molar-refractivity contribution in [3.05, 3.63) is 36.4 Å². The van der Waals surface area contributed by atoms with Crippen molar-refractivity contribution < 1.29 is 161 Å². The molecule has 0 unspecified atom stereocenters. The number of unbranched alkanes of at least 4 members (excludes halogenated alkanes) is 1. The first-order valence-electron chi connectivity index (χ1n) is 40.0. The number of nitrogens with two attached hydrogens (primary N) is 2. The number of nitrogens with zero attached hydrogens (tertiary/aromatic N) is 2. The number of hydrogen-bond donors (Lipinski definition) is 31. The van der Waals surface area contributed by atoms with E-state index >= 15 is 0 Å². The highest BCUT2D eigenvalue weighted by Crippen LogP contribution is 2.12. The van der Waals surface area contributed by atoms with Crippen LogP contribution in [0.15, 0.2) is 25.0 Å². The van der Waals surface area contributed by atoms with Crippen LogP contribution in [0.1, 0.15) is 123 Å². The van der Waals surface area contributed by atoms with Crippen molar-refractivity contribution in [3.8, 4) is 0 Å². The number of hydrogen-bond acceptors (Lipinski definition) is 32. The molecule has 0 aliphatic heterocycles. The van der Waals surface area contributed by atoms with Crippen molar-refractivity contribution in [2.75, 3.05) is 44.9 Å². The van der Waals surface area contributed by atoms with Crippen molar-refractivity contribution in [1.29, 1.82) is 0 Å². The van der Waals surface area contributed by atoms with E-state index in [1.54, 1.807) is 6.26 Å². The minimum Gasteiger partial charge on any atom is -0.481 e. The Morgan fingerprint density at radius 3 is 1.08 bits per heavy atom. The lowest BCUT2D eigenvalue weighted by Crippen LogP contribution is -2.62. The molecule has 57 heteroatoms. The molecule has 2 aromatic heterocycles. The lowest BCUT2D eigenvalue weighted by atomic mass is 10.1. The quantitative estimate of drug-likeness (QED) is 0.0274. The summed E-state index contributed by atoms with van der Waals surface area (Å²) in [7, 11) is 0. The van der Waals surface area contributed by atoms with Gasteiger partial charge >= 0.3 is 35.8 Å². The zero-order chi connectivity index (χ0) is 98.4. The molecule has 0 saturated heterocycles. The van der Waals surface area contributed by atoms with Gasteiger partial charge in [-0.25, -0.2) is 14.8 Å². The van der Waals surface area contributed by atoms with Crippen LogP contribution in [0, 0.1) is 0 Å². The van der Waals surface area contributed by atoms with Gasteiger partial charge in [0.05, 0.1) is 81.4 Å². The first kappa shape index (κ1) is 112. The molecule has 2 aromatic rings. The van der Waals surface area contributed by atoms with E-state index in [2.05, 4.69) is 105 Å². The first-order chi connectivity index (χ1) is 61.1. The Kier molecular flexibility index (Phi) is 50.1. The molecule has 130 heavy (non-hydrogen) atoms. The standard InChI is InChI=1S/C73H113N23O33S/c1-31(83-63(118)40(11-14-52(105)106)87-67(122)45(21-54(109)110)90-59(114)32(2)82-61(116)38(75)16-18-130-6)58(113)78-25-49(101)85-47(27-97)69(124)88-41(12-15-53(107)108)64(119)84-33(3)60(115)91-46(22-55(111)112)68(123)92-43(19-36-23-76-29-80-36)65(120)86-39(10-13-51(103)104)62(117)79-26-50(102)95-56(34(4)99)71(126)93-44(20-37-24-77-30-81-37)66(121)94-48(28-98)70(125)96-57(35(5)100)72(127)89-42(73(128)129)9-7-8-17-74/h23-24,29-35,38-48,56-57,97-100H,7-22,25-28,74-75H2,1-6H3,(H,76,80)(H,77,81)(H,78,113)(H,79,117)(H,82,116)(H,83,118)(H,84,119)(H,85,101)(H,86,120)(H,87,122)(H,88,124)(H,89,127)(H,90,114)(H,91,115)(H,92,123)(H,93,126)(H,94,121)(H,95,102)(H,96,125)(H,103,104)(H,105,106)(H,107,108)(H,109,110)(H,111,112)(H,128,129)/t31-,32-,33-,34+,35+,38-,39-,40-,41-,42-,43-,44-,45-,46-,47-,48-,56-,57-/m0/s1. The van der Waals surface area contributed by atoms with Crippen molar-refractivity contribution in [2.24, 2.45) is 11.5 Å². The summed E-state index contributed by atoms with van der Waals surface area (Å²) in [4.78, 5) is 314. The third kappa shape index (κ3) is 42.3. The molecule has 18 atom stereocenters. The normalized spacial score (nSPS) is 15.1. The van der Waals surface area contributed by atoms with Gasteiger partial charge in [-0.3, -0.25) is 105 Å². The smallest absolute Gasteiger partial charge is 0.326 e. The van der Waals surface area contributed by atoms with Crippen LogP contribution in [0.2, 0.25) is 0 Å². The van der Waals surface area contributed by atoms with Crippen LogP contribution in [0.25, 0.3) is 0 Å². The molecule has 0 spiro atoms. The highest BCUT2D eigenvalue weighted by Gasteiger charge is 2.40. The molecule has 33 N–H and O–H groups in total. The fourth-order valence-electron chi connectivity index (χ4n) is 11.3. The van der Waals surface area contributed by atoms with Crippen LogP contribution in [0.4, 0.5) is 0 Å². The number of aromatic amines is 2. The molecule has 0 fully saturated rings. The van der Waals surface area contributed by atoms with Gasteiger partial charge in [0, 0.05) is 44.5 Å². The van der Waals surface area contributed by atoms with E-state index in [1.807, 2.05) is 5.32 Å².